The third-order valence-electron chi connectivity index (χ3n) is 3.80. The Labute approximate surface area is 126 Å². The summed E-state index contributed by atoms with van der Waals surface area (Å²) in [6.07, 6.45) is 4.79. The van der Waals surface area contributed by atoms with E-state index < -0.39 is 0 Å². The Morgan fingerprint density at radius 1 is 1.47 bits per heavy atom. The van der Waals surface area contributed by atoms with Crippen molar-refractivity contribution >= 4 is 27.3 Å². The minimum Gasteiger partial charge on any atom is -0.328 e. The Morgan fingerprint density at radius 2 is 2.26 bits per heavy atom. The van der Waals surface area contributed by atoms with E-state index in [-0.39, 0.29) is 6.04 Å². The number of nitrogens with zero attached hydrogens (tertiary/aromatic N) is 2. The van der Waals surface area contributed by atoms with Gasteiger partial charge in [0, 0.05) is 27.0 Å². The molecule has 1 unspecified atom stereocenters. The van der Waals surface area contributed by atoms with Crippen molar-refractivity contribution in [3.63, 3.8) is 0 Å². The summed E-state index contributed by atoms with van der Waals surface area (Å²) in [5, 5.41) is 2.12. The molecule has 3 nitrogen and oxygen atoms in total. The zero-order valence-electron chi connectivity index (χ0n) is 11.0. The van der Waals surface area contributed by atoms with Crippen LogP contribution in [-0.4, -0.2) is 16.1 Å². The number of nitrogens with two attached hydrogens (primary N) is 1. The molecule has 1 aliphatic rings. The predicted molar refractivity (Wildman–Crippen MR) is 82.8 cm³/mol. The van der Waals surface area contributed by atoms with Gasteiger partial charge in [-0.25, -0.2) is 4.98 Å². The zero-order chi connectivity index (χ0) is 13.4. The van der Waals surface area contributed by atoms with Crippen molar-refractivity contribution < 1.29 is 0 Å². The minimum atomic E-state index is 0.227. The van der Waals surface area contributed by atoms with Crippen molar-refractivity contribution in [2.75, 3.05) is 6.54 Å². The molecule has 0 spiro atoms. The maximum Gasteiger partial charge on any atom is 0.106 e. The maximum absolute atomic E-state index is 6.05. The highest BCUT2D eigenvalue weighted by Gasteiger charge is 2.24. The van der Waals surface area contributed by atoms with Gasteiger partial charge in [-0.1, -0.05) is 0 Å². The number of thiophene rings is 1. The lowest BCUT2D eigenvalue weighted by atomic mass is 10.0. The monoisotopic (exact) mass is 339 g/mol. The van der Waals surface area contributed by atoms with Gasteiger partial charge in [0.25, 0.3) is 0 Å². The fraction of sp³-hybridized carbons (Fsp3) is 0.500. The molecule has 0 saturated heterocycles. The van der Waals surface area contributed by atoms with E-state index in [0.29, 0.717) is 6.54 Å². The molecular weight excluding hydrogens is 322 g/mol. The molecule has 2 aromatic rings. The van der Waals surface area contributed by atoms with Gasteiger partial charge in [0.1, 0.15) is 5.82 Å². The van der Waals surface area contributed by atoms with Crippen molar-refractivity contribution in [1.82, 2.24) is 9.55 Å². The Hall–Kier alpha value is -0.650. The van der Waals surface area contributed by atoms with Crippen LogP contribution in [0.5, 0.6) is 0 Å². The first-order valence-electron chi connectivity index (χ1n) is 6.71. The average molecular weight is 340 g/mol. The van der Waals surface area contributed by atoms with Crippen LogP contribution in [0.4, 0.5) is 0 Å². The van der Waals surface area contributed by atoms with E-state index in [9.17, 15) is 0 Å². The van der Waals surface area contributed by atoms with Crippen molar-refractivity contribution in [3.8, 4) is 0 Å². The molecule has 1 aliphatic carbocycles. The molecule has 3 rings (SSSR count). The minimum absolute atomic E-state index is 0.227. The van der Waals surface area contributed by atoms with Gasteiger partial charge >= 0.3 is 0 Å². The normalized spacial score (nSPS) is 16.4. The Bertz CT molecular complexity index is 588. The molecule has 0 aromatic carbocycles. The lowest BCUT2D eigenvalue weighted by Crippen LogP contribution is -2.23. The zero-order valence-corrected chi connectivity index (χ0v) is 13.4. The van der Waals surface area contributed by atoms with Gasteiger partial charge in [-0.15, -0.1) is 11.3 Å². The summed E-state index contributed by atoms with van der Waals surface area (Å²) in [6, 6.07) is 2.40. The van der Waals surface area contributed by atoms with E-state index >= 15 is 0 Å². The van der Waals surface area contributed by atoms with Gasteiger partial charge in [0.05, 0.1) is 11.7 Å². The third kappa shape index (κ3) is 2.39. The second-order valence-corrected chi connectivity index (χ2v) is 6.91. The van der Waals surface area contributed by atoms with Gasteiger partial charge in [0.2, 0.25) is 0 Å². The number of aryl methyl sites for hydroxylation is 2. The summed E-state index contributed by atoms with van der Waals surface area (Å²) in [6.45, 7) is 2.72. The van der Waals surface area contributed by atoms with Crippen LogP contribution in [0.15, 0.2) is 15.9 Å². The SMILES string of the molecule is Cc1nc2c(n1C(CN)c1cc(Br)cs1)CCCC2. The molecule has 0 bridgehead atoms. The van der Waals surface area contributed by atoms with Crippen molar-refractivity contribution in [2.45, 2.75) is 38.6 Å². The number of halogens is 1. The van der Waals surface area contributed by atoms with E-state index in [4.69, 9.17) is 10.7 Å². The highest BCUT2D eigenvalue weighted by atomic mass is 79.9. The van der Waals surface area contributed by atoms with Crippen LogP contribution in [0.1, 0.15) is 41.0 Å². The van der Waals surface area contributed by atoms with Crippen LogP contribution in [0.2, 0.25) is 0 Å². The topological polar surface area (TPSA) is 43.8 Å². The first kappa shape index (κ1) is 13.3. The maximum atomic E-state index is 6.05. The van der Waals surface area contributed by atoms with E-state index in [0.717, 1.165) is 23.1 Å². The van der Waals surface area contributed by atoms with E-state index in [2.05, 4.69) is 38.9 Å². The number of imidazole rings is 1. The Morgan fingerprint density at radius 3 is 2.95 bits per heavy atom. The molecule has 5 heteroatoms. The second kappa shape index (κ2) is 5.38. The highest BCUT2D eigenvalue weighted by Crippen LogP contribution is 2.32. The smallest absolute Gasteiger partial charge is 0.106 e. The summed E-state index contributed by atoms with van der Waals surface area (Å²) >= 11 is 5.30. The van der Waals surface area contributed by atoms with Gasteiger partial charge in [-0.05, 0) is 54.6 Å². The third-order valence-corrected chi connectivity index (χ3v) is 5.59. The number of hydrogen-bond acceptors (Lipinski definition) is 3. The Kier molecular flexibility index (Phi) is 3.78. The number of hydrogen-bond donors (Lipinski definition) is 1. The van der Waals surface area contributed by atoms with E-state index in [1.165, 1.54) is 29.1 Å². The number of aromatic nitrogens is 2. The lowest BCUT2D eigenvalue weighted by molar-refractivity contribution is 0.543. The largest absolute Gasteiger partial charge is 0.328 e. The highest BCUT2D eigenvalue weighted by molar-refractivity contribution is 9.10. The van der Waals surface area contributed by atoms with Crippen LogP contribution in [-0.2, 0) is 12.8 Å². The first-order valence-corrected chi connectivity index (χ1v) is 8.38. The molecule has 0 saturated carbocycles. The van der Waals surface area contributed by atoms with Crippen LogP contribution in [0.3, 0.4) is 0 Å². The molecule has 2 aromatic heterocycles. The predicted octanol–water partition coefficient (Wildman–Crippen LogP) is 3.44. The van der Waals surface area contributed by atoms with Gasteiger partial charge in [0.15, 0.2) is 0 Å². The summed E-state index contributed by atoms with van der Waals surface area (Å²) in [5.41, 5.74) is 8.75. The fourth-order valence-corrected chi connectivity index (χ4v) is 4.51. The van der Waals surface area contributed by atoms with Crippen molar-refractivity contribution in [3.05, 3.63) is 38.0 Å². The quantitative estimate of drug-likeness (QED) is 0.930. The number of rotatable bonds is 3. The fourth-order valence-electron chi connectivity index (χ4n) is 2.96. The standard InChI is InChI=1S/C14H18BrN3S/c1-9-17-11-4-2-3-5-12(11)18(9)13(7-16)14-6-10(15)8-19-14/h6,8,13H,2-5,7,16H2,1H3. The summed E-state index contributed by atoms with van der Waals surface area (Å²) in [7, 11) is 0. The molecule has 1 atom stereocenters. The molecule has 0 radical (unpaired) electrons. The Balaban J connectivity index is 2.06. The molecule has 0 fully saturated rings. The first-order chi connectivity index (χ1) is 9.20. The molecule has 19 heavy (non-hydrogen) atoms. The van der Waals surface area contributed by atoms with Crippen LogP contribution < -0.4 is 5.73 Å². The molecular formula is C14H18BrN3S. The van der Waals surface area contributed by atoms with Gasteiger partial charge in [-0.3, -0.25) is 0 Å². The van der Waals surface area contributed by atoms with Crippen molar-refractivity contribution in [1.29, 1.82) is 0 Å². The summed E-state index contributed by atoms with van der Waals surface area (Å²) in [5.74, 6) is 1.10. The van der Waals surface area contributed by atoms with Crippen LogP contribution in [0.25, 0.3) is 0 Å². The van der Waals surface area contributed by atoms with E-state index in [1.807, 2.05) is 0 Å². The molecule has 0 aliphatic heterocycles. The molecule has 102 valence electrons. The number of fused-ring (bicyclic) bond motifs is 1. The summed E-state index contributed by atoms with van der Waals surface area (Å²) < 4.78 is 3.50. The molecule has 0 amide bonds. The van der Waals surface area contributed by atoms with Crippen molar-refractivity contribution in [2.24, 2.45) is 5.73 Å². The average Bonchev–Trinajstić information content (AvgIpc) is 2.96. The van der Waals surface area contributed by atoms with E-state index in [1.54, 1.807) is 11.3 Å². The molecule has 2 heterocycles. The van der Waals surface area contributed by atoms with Crippen LogP contribution in [0, 0.1) is 6.92 Å². The van der Waals surface area contributed by atoms with Gasteiger partial charge < -0.3 is 10.3 Å². The summed E-state index contributed by atoms with van der Waals surface area (Å²) in [4.78, 5) is 6.06. The molecule has 2 N–H and O–H groups in total. The second-order valence-electron chi connectivity index (χ2n) is 5.05. The lowest BCUT2D eigenvalue weighted by Gasteiger charge is -2.22. The van der Waals surface area contributed by atoms with Crippen LogP contribution >= 0.6 is 27.3 Å². The van der Waals surface area contributed by atoms with Gasteiger partial charge in [-0.2, -0.15) is 0 Å².